The zero-order valence-electron chi connectivity index (χ0n) is 12.8. The zero-order valence-corrected chi connectivity index (χ0v) is 14.4. The van der Waals surface area contributed by atoms with Crippen molar-refractivity contribution in [3.8, 4) is 0 Å². The van der Waals surface area contributed by atoms with Gasteiger partial charge in [-0.25, -0.2) is 4.79 Å². The zero-order chi connectivity index (χ0) is 15.6. The van der Waals surface area contributed by atoms with E-state index in [4.69, 9.17) is 9.47 Å². The Balaban J connectivity index is 1.97. The second-order valence-electron chi connectivity index (χ2n) is 6.15. The molecule has 0 amide bonds. The summed E-state index contributed by atoms with van der Waals surface area (Å²) in [7, 11) is 1.40. The molecule has 5 heteroatoms. The number of methoxy groups -OCH3 is 1. The maximum Gasteiger partial charge on any atom is 0.331 e. The van der Waals surface area contributed by atoms with E-state index in [2.05, 4.69) is 45.5 Å². The van der Waals surface area contributed by atoms with Crippen molar-refractivity contribution in [1.29, 1.82) is 0 Å². The first-order valence-corrected chi connectivity index (χ1v) is 8.63. The predicted molar refractivity (Wildman–Crippen MR) is 87.5 cm³/mol. The summed E-state index contributed by atoms with van der Waals surface area (Å²) in [6, 6.07) is 8.35. The molecule has 2 unspecified atom stereocenters. The van der Waals surface area contributed by atoms with Gasteiger partial charge in [0.2, 0.25) is 0 Å². The fraction of sp³-hybridized carbons (Fsp3) is 0.588. The second-order valence-corrected chi connectivity index (χ2v) is 7.06. The van der Waals surface area contributed by atoms with E-state index in [9.17, 15) is 4.79 Å². The van der Waals surface area contributed by atoms with Crippen molar-refractivity contribution >= 4 is 21.9 Å². The van der Waals surface area contributed by atoms with Gasteiger partial charge in [0.25, 0.3) is 0 Å². The average molecular weight is 368 g/mol. The van der Waals surface area contributed by atoms with Crippen LogP contribution in [-0.2, 0) is 19.9 Å². The van der Waals surface area contributed by atoms with Crippen molar-refractivity contribution < 1.29 is 14.3 Å². The molecule has 2 fully saturated rings. The Morgan fingerprint density at radius 2 is 1.91 bits per heavy atom. The number of benzene rings is 1. The summed E-state index contributed by atoms with van der Waals surface area (Å²) in [6.45, 7) is 1.89. The van der Waals surface area contributed by atoms with Crippen molar-refractivity contribution in [2.45, 2.75) is 24.9 Å². The van der Waals surface area contributed by atoms with Crippen molar-refractivity contribution in [1.82, 2.24) is 5.32 Å². The quantitative estimate of drug-likeness (QED) is 0.831. The molecule has 0 aromatic heterocycles. The van der Waals surface area contributed by atoms with Crippen LogP contribution in [0.1, 0.15) is 24.8 Å². The van der Waals surface area contributed by atoms with Crippen LogP contribution in [0.25, 0.3) is 0 Å². The molecule has 2 bridgehead atoms. The van der Waals surface area contributed by atoms with Gasteiger partial charge in [-0.3, -0.25) is 0 Å². The van der Waals surface area contributed by atoms with Gasteiger partial charge in [0.15, 0.2) is 0 Å². The first-order valence-electron chi connectivity index (χ1n) is 7.84. The van der Waals surface area contributed by atoms with Crippen LogP contribution in [0.15, 0.2) is 28.7 Å². The molecular weight excluding hydrogens is 346 g/mol. The van der Waals surface area contributed by atoms with Crippen LogP contribution >= 0.6 is 15.9 Å². The average Bonchev–Trinajstić information content (AvgIpc) is 2.52. The molecule has 0 radical (unpaired) electrons. The number of hydrogen-bond donors (Lipinski definition) is 1. The molecule has 4 nitrogen and oxygen atoms in total. The fourth-order valence-electron chi connectivity index (χ4n) is 4.05. The number of piperidine rings is 1. The molecule has 3 rings (SSSR count). The summed E-state index contributed by atoms with van der Waals surface area (Å²) < 4.78 is 12.1. The van der Waals surface area contributed by atoms with Crippen molar-refractivity contribution in [3.05, 3.63) is 34.3 Å². The van der Waals surface area contributed by atoms with Gasteiger partial charge in [0.1, 0.15) is 12.2 Å². The molecule has 120 valence electrons. The van der Waals surface area contributed by atoms with Crippen molar-refractivity contribution in [2.75, 3.05) is 26.8 Å². The fourth-order valence-corrected chi connectivity index (χ4v) is 4.31. The largest absolute Gasteiger partial charge is 0.467 e. The lowest BCUT2D eigenvalue weighted by molar-refractivity contribution is -0.183. The van der Waals surface area contributed by atoms with Crippen LogP contribution < -0.4 is 5.32 Å². The Kier molecular flexibility index (Phi) is 4.85. The van der Waals surface area contributed by atoms with Gasteiger partial charge in [0.05, 0.1) is 7.11 Å². The van der Waals surface area contributed by atoms with Crippen LogP contribution in [-0.4, -0.2) is 32.8 Å². The SMILES string of the molecule is COC(=O)COC1(c2ccc(Br)cc2)C2CCCC1CNC2. The molecule has 1 saturated carbocycles. The number of nitrogens with one attached hydrogen (secondary N) is 1. The monoisotopic (exact) mass is 367 g/mol. The molecule has 1 aromatic rings. The smallest absolute Gasteiger partial charge is 0.331 e. The Morgan fingerprint density at radius 3 is 2.50 bits per heavy atom. The van der Waals surface area contributed by atoms with Crippen LogP contribution in [0.5, 0.6) is 0 Å². The van der Waals surface area contributed by atoms with Gasteiger partial charge >= 0.3 is 5.97 Å². The van der Waals surface area contributed by atoms with Gasteiger partial charge < -0.3 is 14.8 Å². The number of halogens is 1. The maximum absolute atomic E-state index is 11.6. The number of ether oxygens (including phenoxy) is 2. The molecule has 0 spiro atoms. The van der Waals surface area contributed by atoms with E-state index >= 15 is 0 Å². The Bertz CT molecular complexity index is 509. The third-order valence-corrected chi connectivity index (χ3v) is 5.58. The highest BCUT2D eigenvalue weighted by Crippen LogP contribution is 2.50. The number of carbonyl (C=O) groups excluding carboxylic acids is 1. The number of esters is 1. The lowest BCUT2D eigenvalue weighted by Gasteiger charge is -2.53. The maximum atomic E-state index is 11.6. The van der Waals surface area contributed by atoms with Gasteiger partial charge in [-0.15, -0.1) is 0 Å². The Labute approximate surface area is 139 Å². The minimum atomic E-state index is -0.377. The van der Waals surface area contributed by atoms with Crippen LogP contribution in [0.2, 0.25) is 0 Å². The van der Waals surface area contributed by atoms with E-state index in [1.807, 2.05) is 0 Å². The summed E-state index contributed by atoms with van der Waals surface area (Å²) in [6.07, 6.45) is 3.48. The van der Waals surface area contributed by atoms with E-state index in [1.54, 1.807) is 0 Å². The molecule has 1 aliphatic heterocycles. The lowest BCUT2D eigenvalue weighted by Crippen LogP contribution is -2.58. The summed E-state index contributed by atoms with van der Waals surface area (Å²) in [4.78, 5) is 11.6. The highest BCUT2D eigenvalue weighted by molar-refractivity contribution is 9.10. The first kappa shape index (κ1) is 16.0. The van der Waals surface area contributed by atoms with Crippen molar-refractivity contribution in [3.63, 3.8) is 0 Å². The van der Waals surface area contributed by atoms with E-state index in [-0.39, 0.29) is 18.2 Å². The van der Waals surface area contributed by atoms with E-state index < -0.39 is 0 Å². The molecule has 1 saturated heterocycles. The van der Waals surface area contributed by atoms with Crippen molar-refractivity contribution in [2.24, 2.45) is 11.8 Å². The standard InChI is InChI=1S/C17H22BrNO3/c1-21-16(20)11-22-17(12-5-7-15(18)8-6-12)13-3-2-4-14(17)10-19-9-13/h5-8,13-14,19H,2-4,9-11H2,1H3. The van der Waals surface area contributed by atoms with Gasteiger partial charge in [-0.05, 0) is 30.5 Å². The highest BCUT2D eigenvalue weighted by atomic mass is 79.9. The van der Waals surface area contributed by atoms with Crippen LogP contribution in [0.3, 0.4) is 0 Å². The number of carbonyl (C=O) groups is 1. The molecule has 22 heavy (non-hydrogen) atoms. The third kappa shape index (κ3) is 2.82. The molecular formula is C17H22BrNO3. The molecule has 1 N–H and O–H groups in total. The summed E-state index contributed by atoms with van der Waals surface area (Å²) >= 11 is 3.49. The second kappa shape index (κ2) is 6.69. The number of rotatable bonds is 4. The normalized spacial score (nSPS) is 30.8. The summed E-state index contributed by atoms with van der Waals surface area (Å²) in [5.74, 6) is 0.477. The summed E-state index contributed by atoms with van der Waals surface area (Å²) in [5, 5.41) is 3.52. The van der Waals surface area contributed by atoms with E-state index in [1.165, 1.54) is 19.1 Å². The molecule has 1 aromatic carbocycles. The number of fused-ring (bicyclic) bond motifs is 2. The Morgan fingerprint density at radius 1 is 1.27 bits per heavy atom. The highest BCUT2D eigenvalue weighted by Gasteiger charge is 2.52. The topological polar surface area (TPSA) is 47.6 Å². The van der Waals surface area contributed by atoms with Crippen LogP contribution in [0.4, 0.5) is 0 Å². The molecule has 1 aliphatic carbocycles. The Hall–Kier alpha value is -0.910. The minimum Gasteiger partial charge on any atom is -0.467 e. The van der Waals surface area contributed by atoms with E-state index in [0.29, 0.717) is 11.8 Å². The minimum absolute atomic E-state index is 0.0135. The van der Waals surface area contributed by atoms with Gasteiger partial charge in [0, 0.05) is 29.4 Å². The first-order chi connectivity index (χ1) is 10.7. The lowest BCUT2D eigenvalue weighted by atomic mass is 9.63. The predicted octanol–water partition coefficient (Wildman–Crippen LogP) is 2.85. The van der Waals surface area contributed by atoms with Gasteiger partial charge in [-0.1, -0.05) is 34.5 Å². The third-order valence-electron chi connectivity index (χ3n) is 5.05. The van der Waals surface area contributed by atoms with E-state index in [0.717, 1.165) is 30.4 Å². The molecule has 1 heterocycles. The summed E-state index contributed by atoms with van der Waals surface area (Å²) in [5.41, 5.74) is 0.800. The van der Waals surface area contributed by atoms with Crippen LogP contribution in [0, 0.1) is 11.8 Å². The van der Waals surface area contributed by atoms with Gasteiger partial charge in [-0.2, -0.15) is 0 Å². The molecule has 2 atom stereocenters. The molecule has 2 aliphatic rings. The number of hydrogen-bond acceptors (Lipinski definition) is 4.